The van der Waals surface area contributed by atoms with Crippen LogP contribution in [0.2, 0.25) is 0 Å². The van der Waals surface area contributed by atoms with Crippen LogP contribution in [0.1, 0.15) is 5.69 Å². The van der Waals surface area contributed by atoms with Gasteiger partial charge in [0.1, 0.15) is 5.82 Å². The number of anilines is 1. The van der Waals surface area contributed by atoms with Gasteiger partial charge in [-0.1, -0.05) is 6.07 Å². The molecule has 5 nitrogen and oxygen atoms in total. The second kappa shape index (κ2) is 6.34. The number of rotatable bonds is 6. The molecule has 0 saturated carbocycles. The van der Waals surface area contributed by atoms with Gasteiger partial charge in [-0.15, -0.1) is 0 Å². The van der Waals surface area contributed by atoms with Gasteiger partial charge in [0.05, 0.1) is 12.3 Å². The van der Waals surface area contributed by atoms with Crippen LogP contribution in [0.3, 0.4) is 0 Å². The number of hydrogen-bond donors (Lipinski definition) is 2. The molecular formula is C10H18N4O. The second-order valence-electron chi connectivity index (χ2n) is 3.39. The van der Waals surface area contributed by atoms with Crippen LogP contribution in [0, 0.1) is 0 Å². The fourth-order valence-electron chi connectivity index (χ4n) is 1.25. The van der Waals surface area contributed by atoms with E-state index in [9.17, 15) is 0 Å². The van der Waals surface area contributed by atoms with Crippen molar-refractivity contribution < 1.29 is 4.74 Å². The lowest BCUT2D eigenvalue weighted by Crippen LogP contribution is -2.23. The quantitative estimate of drug-likeness (QED) is 0.527. The first kappa shape index (κ1) is 11.9. The summed E-state index contributed by atoms with van der Waals surface area (Å²) in [5.74, 6) is 5.97. The summed E-state index contributed by atoms with van der Waals surface area (Å²) >= 11 is 0. The third-order valence-electron chi connectivity index (χ3n) is 2.06. The van der Waals surface area contributed by atoms with Crippen molar-refractivity contribution in [3.05, 3.63) is 23.9 Å². The zero-order valence-corrected chi connectivity index (χ0v) is 9.23. The number of nitrogens with one attached hydrogen (secondary N) is 1. The van der Waals surface area contributed by atoms with Crippen LogP contribution in [-0.2, 0) is 11.3 Å². The molecule has 5 heteroatoms. The van der Waals surface area contributed by atoms with Crippen molar-refractivity contribution in [1.29, 1.82) is 0 Å². The van der Waals surface area contributed by atoms with Crippen LogP contribution in [0.5, 0.6) is 0 Å². The Morgan fingerprint density at radius 3 is 3.00 bits per heavy atom. The van der Waals surface area contributed by atoms with E-state index in [2.05, 4.69) is 15.3 Å². The Hall–Kier alpha value is -1.17. The van der Waals surface area contributed by atoms with E-state index < -0.39 is 0 Å². The molecule has 3 N–H and O–H groups in total. The van der Waals surface area contributed by atoms with Gasteiger partial charge < -0.3 is 10.2 Å². The van der Waals surface area contributed by atoms with E-state index in [1.54, 1.807) is 7.11 Å². The maximum Gasteiger partial charge on any atom is 0.140 e. The van der Waals surface area contributed by atoms with Gasteiger partial charge in [-0.05, 0) is 19.2 Å². The lowest BCUT2D eigenvalue weighted by molar-refractivity contribution is 0.158. The first-order valence-corrected chi connectivity index (χ1v) is 4.86. The predicted octanol–water partition coefficient (Wildman–Crippen LogP) is 0.445. The molecule has 0 aliphatic rings. The van der Waals surface area contributed by atoms with Gasteiger partial charge in [-0.25, -0.2) is 10.8 Å². The minimum absolute atomic E-state index is 0.688. The number of hydrogen-bond acceptors (Lipinski definition) is 5. The molecule has 1 aromatic heterocycles. The Balaban J connectivity index is 2.48. The predicted molar refractivity (Wildman–Crippen MR) is 60.3 cm³/mol. The number of hydrazine groups is 1. The number of likely N-dealkylation sites (N-methyl/N-ethyl adjacent to an activating group) is 1. The molecule has 0 aliphatic heterocycles. The Labute approximate surface area is 90.2 Å². The molecule has 0 amide bonds. The Kier molecular flexibility index (Phi) is 5.03. The topological polar surface area (TPSA) is 63.4 Å². The lowest BCUT2D eigenvalue weighted by Gasteiger charge is -2.15. The molecule has 0 fully saturated rings. The van der Waals surface area contributed by atoms with Crippen LogP contribution in [0.25, 0.3) is 0 Å². The third kappa shape index (κ3) is 4.24. The third-order valence-corrected chi connectivity index (χ3v) is 2.06. The van der Waals surface area contributed by atoms with Crippen molar-refractivity contribution >= 4 is 5.82 Å². The van der Waals surface area contributed by atoms with Crippen molar-refractivity contribution in [2.75, 3.05) is 32.7 Å². The van der Waals surface area contributed by atoms with Crippen molar-refractivity contribution in [1.82, 2.24) is 9.88 Å². The van der Waals surface area contributed by atoms with Crippen LogP contribution >= 0.6 is 0 Å². The summed E-state index contributed by atoms with van der Waals surface area (Å²) in [4.78, 5) is 6.47. The Bertz CT molecular complexity index is 293. The van der Waals surface area contributed by atoms with Gasteiger partial charge in [-0.2, -0.15) is 0 Å². The molecule has 0 unspecified atom stereocenters. The summed E-state index contributed by atoms with van der Waals surface area (Å²) in [6.07, 6.45) is 0. The molecule has 0 radical (unpaired) electrons. The number of ether oxygens (including phenoxy) is 1. The zero-order valence-electron chi connectivity index (χ0n) is 9.23. The first-order valence-electron chi connectivity index (χ1n) is 4.86. The molecule has 0 atom stereocenters. The standard InChI is InChI=1S/C10H18N4O/c1-14(6-7-15-2)8-9-4-3-5-10(12-9)13-11/h3-5H,6-8,11H2,1-2H3,(H,12,13). The molecule has 0 aliphatic carbocycles. The normalized spacial score (nSPS) is 10.7. The highest BCUT2D eigenvalue weighted by atomic mass is 16.5. The number of aromatic nitrogens is 1. The maximum atomic E-state index is 5.28. The van der Waals surface area contributed by atoms with E-state index in [0.29, 0.717) is 5.82 Å². The minimum Gasteiger partial charge on any atom is -0.383 e. The van der Waals surface area contributed by atoms with Gasteiger partial charge in [0, 0.05) is 20.2 Å². The Morgan fingerprint density at radius 2 is 2.33 bits per heavy atom. The number of nitrogens with two attached hydrogens (primary N) is 1. The molecule has 1 heterocycles. The maximum absolute atomic E-state index is 5.28. The molecule has 0 spiro atoms. The van der Waals surface area contributed by atoms with Crippen LogP contribution in [-0.4, -0.2) is 37.2 Å². The molecule has 0 bridgehead atoms. The largest absolute Gasteiger partial charge is 0.383 e. The van der Waals surface area contributed by atoms with E-state index in [4.69, 9.17) is 10.6 Å². The highest BCUT2D eigenvalue weighted by Gasteiger charge is 2.01. The number of nitrogens with zero attached hydrogens (tertiary/aromatic N) is 2. The van der Waals surface area contributed by atoms with Crippen LogP contribution in [0.4, 0.5) is 5.82 Å². The summed E-state index contributed by atoms with van der Waals surface area (Å²) in [6.45, 7) is 2.41. The number of methoxy groups -OCH3 is 1. The fourth-order valence-corrected chi connectivity index (χ4v) is 1.25. The monoisotopic (exact) mass is 210 g/mol. The SMILES string of the molecule is COCCN(C)Cc1cccc(NN)n1. The number of nitrogen functional groups attached to an aromatic ring is 1. The lowest BCUT2D eigenvalue weighted by atomic mass is 10.3. The average molecular weight is 210 g/mol. The minimum atomic E-state index is 0.688. The summed E-state index contributed by atoms with van der Waals surface area (Å²) < 4.78 is 5.00. The summed E-state index contributed by atoms with van der Waals surface area (Å²) in [6, 6.07) is 5.74. The first-order chi connectivity index (χ1) is 7.26. The molecule has 1 aromatic rings. The molecular weight excluding hydrogens is 192 g/mol. The van der Waals surface area contributed by atoms with Crippen molar-refractivity contribution in [3.8, 4) is 0 Å². The van der Waals surface area contributed by atoms with E-state index >= 15 is 0 Å². The molecule has 15 heavy (non-hydrogen) atoms. The highest BCUT2D eigenvalue weighted by Crippen LogP contribution is 2.05. The van der Waals surface area contributed by atoms with E-state index in [1.165, 1.54) is 0 Å². The van der Waals surface area contributed by atoms with Gasteiger partial charge >= 0.3 is 0 Å². The summed E-state index contributed by atoms with van der Waals surface area (Å²) in [5.41, 5.74) is 3.52. The average Bonchev–Trinajstić information content (AvgIpc) is 2.26. The highest BCUT2D eigenvalue weighted by molar-refractivity contribution is 5.33. The van der Waals surface area contributed by atoms with Gasteiger partial charge in [0.25, 0.3) is 0 Å². The molecule has 1 rings (SSSR count). The summed E-state index contributed by atoms with van der Waals surface area (Å²) in [5, 5.41) is 0. The van der Waals surface area contributed by atoms with Crippen molar-refractivity contribution in [2.24, 2.45) is 5.84 Å². The van der Waals surface area contributed by atoms with Crippen molar-refractivity contribution in [2.45, 2.75) is 6.54 Å². The van der Waals surface area contributed by atoms with E-state index in [-0.39, 0.29) is 0 Å². The van der Waals surface area contributed by atoms with Crippen LogP contribution < -0.4 is 11.3 Å². The van der Waals surface area contributed by atoms with Gasteiger partial charge in [0.15, 0.2) is 0 Å². The molecule has 0 saturated heterocycles. The second-order valence-corrected chi connectivity index (χ2v) is 3.39. The van der Waals surface area contributed by atoms with E-state index in [0.717, 1.165) is 25.4 Å². The summed E-state index contributed by atoms with van der Waals surface area (Å²) in [7, 11) is 3.73. The smallest absolute Gasteiger partial charge is 0.140 e. The van der Waals surface area contributed by atoms with Crippen LogP contribution in [0.15, 0.2) is 18.2 Å². The van der Waals surface area contributed by atoms with Gasteiger partial charge in [0.2, 0.25) is 0 Å². The fraction of sp³-hybridized carbons (Fsp3) is 0.500. The van der Waals surface area contributed by atoms with Gasteiger partial charge in [-0.3, -0.25) is 4.90 Å². The van der Waals surface area contributed by atoms with Crippen molar-refractivity contribution in [3.63, 3.8) is 0 Å². The molecule has 0 aromatic carbocycles. The Morgan fingerprint density at radius 1 is 1.53 bits per heavy atom. The molecule has 84 valence electrons. The zero-order chi connectivity index (χ0) is 11.1. The van der Waals surface area contributed by atoms with E-state index in [1.807, 2.05) is 25.2 Å². The number of pyridine rings is 1.